The first-order valence-corrected chi connectivity index (χ1v) is 3.88. The molecule has 0 spiro atoms. The Morgan fingerprint density at radius 2 is 2.11 bits per heavy atom. The lowest BCUT2D eigenvalue weighted by Gasteiger charge is -2.35. The molecule has 54 valence electrons. The first-order valence-electron chi connectivity index (χ1n) is 3.88. The number of hydrogen-bond donors (Lipinski definition) is 1. The third-order valence-corrected chi connectivity index (χ3v) is 2.08. The molecule has 0 bridgehead atoms. The van der Waals surface area contributed by atoms with Crippen LogP contribution in [0.1, 0.15) is 40.0 Å². The summed E-state index contributed by atoms with van der Waals surface area (Å²) in [6.07, 6.45) is 4.07. The Hall–Kier alpha value is -0.0400. The lowest BCUT2D eigenvalue weighted by atomic mass is 9.90. The molecule has 1 aliphatic rings. The second kappa shape index (κ2) is 2.30. The van der Waals surface area contributed by atoms with Gasteiger partial charge in [-0.1, -0.05) is 6.42 Å². The Labute approximate surface area is 57.8 Å². The molecule has 1 aliphatic heterocycles. The van der Waals surface area contributed by atoms with E-state index in [1.165, 1.54) is 19.3 Å². The summed E-state index contributed by atoms with van der Waals surface area (Å²) in [7, 11) is 0. The van der Waals surface area contributed by atoms with E-state index in [1.807, 2.05) is 0 Å². The average Bonchev–Trinajstić information content (AvgIpc) is 1.60. The second-order valence-electron chi connectivity index (χ2n) is 3.82. The van der Waals surface area contributed by atoms with Crippen molar-refractivity contribution in [1.29, 1.82) is 0 Å². The third-order valence-electron chi connectivity index (χ3n) is 2.08. The molecular formula is C8H17N. The molecule has 0 aliphatic carbocycles. The van der Waals surface area contributed by atoms with Gasteiger partial charge < -0.3 is 5.32 Å². The molecular weight excluding hydrogens is 110 g/mol. The molecule has 1 atom stereocenters. The Bertz CT molecular complexity index is 96.7. The molecule has 0 unspecified atom stereocenters. The van der Waals surface area contributed by atoms with Crippen LogP contribution in [-0.2, 0) is 0 Å². The monoisotopic (exact) mass is 127 g/mol. The molecule has 0 saturated carbocycles. The van der Waals surface area contributed by atoms with Crippen molar-refractivity contribution in [3.8, 4) is 0 Å². The van der Waals surface area contributed by atoms with E-state index in [4.69, 9.17) is 0 Å². The number of nitrogens with one attached hydrogen (secondary N) is 1. The van der Waals surface area contributed by atoms with Crippen LogP contribution in [0.5, 0.6) is 0 Å². The summed E-state index contributed by atoms with van der Waals surface area (Å²) >= 11 is 0. The smallest absolute Gasteiger partial charge is 0.0127 e. The first-order chi connectivity index (χ1) is 4.10. The Balaban J connectivity index is 2.41. The zero-order valence-electron chi connectivity index (χ0n) is 6.70. The Kier molecular flexibility index (Phi) is 1.80. The maximum Gasteiger partial charge on any atom is 0.0127 e. The van der Waals surface area contributed by atoms with Gasteiger partial charge in [0.15, 0.2) is 0 Å². The van der Waals surface area contributed by atoms with E-state index in [9.17, 15) is 0 Å². The van der Waals surface area contributed by atoms with Gasteiger partial charge in [0.2, 0.25) is 0 Å². The molecule has 1 heteroatoms. The largest absolute Gasteiger partial charge is 0.309 e. The number of hydrogen-bond acceptors (Lipinski definition) is 1. The van der Waals surface area contributed by atoms with Crippen LogP contribution in [0.3, 0.4) is 0 Å². The van der Waals surface area contributed by atoms with Gasteiger partial charge in [-0.05, 0) is 33.6 Å². The second-order valence-corrected chi connectivity index (χ2v) is 3.82. The number of rotatable bonds is 0. The van der Waals surface area contributed by atoms with Crippen molar-refractivity contribution in [2.45, 2.75) is 51.6 Å². The molecule has 0 radical (unpaired) electrons. The van der Waals surface area contributed by atoms with Gasteiger partial charge in [0.25, 0.3) is 0 Å². The summed E-state index contributed by atoms with van der Waals surface area (Å²) < 4.78 is 0. The summed E-state index contributed by atoms with van der Waals surface area (Å²) in [5, 5.41) is 3.56. The SMILES string of the molecule is C[C@@H]1CCCC(C)(C)N1. The van der Waals surface area contributed by atoms with Crippen molar-refractivity contribution < 1.29 is 0 Å². The molecule has 0 aromatic carbocycles. The van der Waals surface area contributed by atoms with Crippen molar-refractivity contribution in [2.24, 2.45) is 0 Å². The highest BCUT2D eigenvalue weighted by atomic mass is 15.0. The summed E-state index contributed by atoms with van der Waals surface area (Å²) in [5.41, 5.74) is 0.400. The van der Waals surface area contributed by atoms with Gasteiger partial charge in [-0.25, -0.2) is 0 Å². The standard InChI is InChI=1S/C8H17N/c1-7-5-4-6-8(2,3)9-7/h7,9H,4-6H2,1-3H3/t7-/m1/s1. The quantitative estimate of drug-likeness (QED) is 0.524. The minimum absolute atomic E-state index is 0.400. The van der Waals surface area contributed by atoms with Crippen LogP contribution in [0.25, 0.3) is 0 Å². The zero-order valence-corrected chi connectivity index (χ0v) is 6.70. The van der Waals surface area contributed by atoms with E-state index in [2.05, 4.69) is 26.1 Å². The van der Waals surface area contributed by atoms with Crippen LogP contribution in [0.4, 0.5) is 0 Å². The zero-order chi connectivity index (χ0) is 6.91. The summed E-state index contributed by atoms with van der Waals surface area (Å²) in [5.74, 6) is 0. The van der Waals surface area contributed by atoms with E-state index in [0.29, 0.717) is 5.54 Å². The lowest BCUT2D eigenvalue weighted by Crippen LogP contribution is -2.47. The minimum atomic E-state index is 0.400. The minimum Gasteiger partial charge on any atom is -0.309 e. The summed E-state index contributed by atoms with van der Waals surface area (Å²) in [6, 6.07) is 0.730. The van der Waals surface area contributed by atoms with E-state index in [-0.39, 0.29) is 0 Å². The molecule has 1 heterocycles. The highest BCUT2D eigenvalue weighted by molar-refractivity contribution is 4.85. The van der Waals surface area contributed by atoms with Crippen molar-refractivity contribution >= 4 is 0 Å². The molecule has 0 aromatic rings. The van der Waals surface area contributed by atoms with Gasteiger partial charge >= 0.3 is 0 Å². The van der Waals surface area contributed by atoms with Gasteiger partial charge in [-0.3, -0.25) is 0 Å². The summed E-state index contributed by atoms with van der Waals surface area (Å²) in [6.45, 7) is 6.83. The molecule has 1 fully saturated rings. The first kappa shape index (κ1) is 7.07. The average molecular weight is 127 g/mol. The van der Waals surface area contributed by atoms with Crippen LogP contribution >= 0.6 is 0 Å². The lowest BCUT2D eigenvalue weighted by molar-refractivity contribution is 0.254. The molecule has 0 amide bonds. The van der Waals surface area contributed by atoms with E-state index in [1.54, 1.807) is 0 Å². The maximum atomic E-state index is 3.56. The van der Waals surface area contributed by atoms with Crippen LogP contribution in [0, 0.1) is 0 Å². The normalized spacial score (nSPS) is 34.3. The molecule has 1 nitrogen and oxygen atoms in total. The molecule has 9 heavy (non-hydrogen) atoms. The molecule has 1 rings (SSSR count). The fourth-order valence-electron chi connectivity index (χ4n) is 1.66. The molecule has 1 N–H and O–H groups in total. The Morgan fingerprint density at radius 3 is 2.44 bits per heavy atom. The van der Waals surface area contributed by atoms with Crippen molar-refractivity contribution in [2.75, 3.05) is 0 Å². The fraction of sp³-hybridized carbons (Fsp3) is 1.00. The number of piperidine rings is 1. The fourth-order valence-corrected chi connectivity index (χ4v) is 1.66. The van der Waals surface area contributed by atoms with E-state index < -0.39 is 0 Å². The van der Waals surface area contributed by atoms with E-state index >= 15 is 0 Å². The third kappa shape index (κ3) is 1.98. The predicted octanol–water partition coefficient (Wildman–Crippen LogP) is 1.93. The Morgan fingerprint density at radius 1 is 1.44 bits per heavy atom. The van der Waals surface area contributed by atoms with Crippen LogP contribution in [0.15, 0.2) is 0 Å². The molecule has 0 aromatic heterocycles. The predicted molar refractivity (Wildman–Crippen MR) is 40.5 cm³/mol. The van der Waals surface area contributed by atoms with Gasteiger partial charge in [0, 0.05) is 11.6 Å². The van der Waals surface area contributed by atoms with Gasteiger partial charge in [0.05, 0.1) is 0 Å². The van der Waals surface area contributed by atoms with Gasteiger partial charge in [0.1, 0.15) is 0 Å². The van der Waals surface area contributed by atoms with Crippen molar-refractivity contribution in [3.63, 3.8) is 0 Å². The van der Waals surface area contributed by atoms with Crippen molar-refractivity contribution in [1.82, 2.24) is 5.32 Å². The van der Waals surface area contributed by atoms with Crippen LogP contribution in [0.2, 0.25) is 0 Å². The van der Waals surface area contributed by atoms with E-state index in [0.717, 1.165) is 6.04 Å². The van der Waals surface area contributed by atoms with Crippen LogP contribution < -0.4 is 5.32 Å². The maximum absolute atomic E-state index is 3.56. The highest BCUT2D eigenvalue weighted by Gasteiger charge is 2.23. The topological polar surface area (TPSA) is 12.0 Å². The highest BCUT2D eigenvalue weighted by Crippen LogP contribution is 2.20. The van der Waals surface area contributed by atoms with Crippen LogP contribution in [-0.4, -0.2) is 11.6 Å². The molecule has 1 saturated heterocycles. The van der Waals surface area contributed by atoms with Gasteiger partial charge in [-0.15, -0.1) is 0 Å². The van der Waals surface area contributed by atoms with Crippen molar-refractivity contribution in [3.05, 3.63) is 0 Å². The van der Waals surface area contributed by atoms with Gasteiger partial charge in [-0.2, -0.15) is 0 Å². The summed E-state index contributed by atoms with van der Waals surface area (Å²) in [4.78, 5) is 0.